The van der Waals surface area contributed by atoms with Crippen LogP contribution in [-0.2, 0) is 0 Å². The standard InChI is InChI=1S/C18H19FN2/c1-3-12(2)16(13-8-5-4-6-9-13)18-20-15-11-7-10-14(19)17(15)21-18/h4-12,16H,3H2,1-2H3,(H,20,21). The Morgan fingerprint density at radius 1 is 1.10 bits per heavy atom. The summed E-state index contributed by atoms with van der Waals surface area (Å²) in [7, 11) is 0. The summed E-state index contributed by atoms with van der Waals surface area (Å²) in [6.45, 7) is 4.38. The van der Waals surface area contributed by atoms with Crippen LogP contribution in [0, 0.1) is 11.7 Å². The Bertz CT molecular complexity index is 733. The molecule has 21 heavy (non-hydrogen) atoms. The van der Waals surface area contributed by atoms with Crippen LogP contribution in [0.4, 0.5) is 4.39 Å². The number of fused-ring (bicyclic) bond motifs is 1. The summed E-state index contributed by atoms with van der Waals surface area (Å²) in [6.07, 6.45) is 1.04. The van der Waals surface area contributed by atoms with E-state index in [0.29, 0.717) is 11.4 Å². The second-order valence-electron chi connectivity index (χ2n) is 5.53. The summed E-state index contributed by atoms with van der Waals surface area (Å²) in [5.41, 5.74) is 2.40. The molecule has 3 rings (SSSR count). The van der Waals surface area contributed by atoms with Gasteiger partial charge in [-0.15, -0.1) is 0 Å². The lowest BCUT2D eigenvalue weighted by Gasteiger charge is -2.21. The molecule has 0 aliphatic carbocycles. The molecule has 0 radical (unpaired) electrons. The van der Waals surface area contributed by atoms with Gasteiger partial charge in [0.15, 0.2) is 5.82 Å². The first-order valence-corrected chi connectivity index (χ1v) is 7.39. The molecule has 3 heteroatoms. The largest absolute Gasteiger partial charge is 0.341 e. The van der Waals surface area contributed by atoms with Crippen molar-refractivity contribution in [3.8, 4) is 0 Å². The zero-order chi connectivity index (χ0) is 14.8. The summed E-state index contributed by atoms with van der Waals surface area (Å²) in [5.74, 6) is 1.15. The number of para-hydroxylation sites is 1. The first-order chi connectivity index (χ1) is 10.2. The average molecular weight is 282 g/mol. The molecule has 0 bridgehead atoms. The van der Waals surface area contributed by atoms with E-state index in [4.69, 9.17) is 0 Å². The Kier molecular flexibility index (Phi) is 3.74. The van der Waals surface area contributed by atoms with E-state index in [1.54, 1.807) is 6.07 Å². The van der Waals surface area contributed by atoms with Crippen LogP contribution in [-0.4, -0.2) is 9.97 Å². The van der Waals surface area contributed by atoms with Crippen LogP contribution < -0.4 is 0 Å². The molecule has 2 atom stereocenters. The number of imidazole rings is 1. The number of nitrogens with one attached hydrogen (secondary N) is 1. The van der Waals surface area contributed by atoms with E-state index in [2.05, 4.69) is 35.9 Å². The molecule has 0 saturated heterocycles. The molecule has 2 nitrogen and oxygen atoms in total. The van der Waals surface area contributed by atoms with Crippen molar-refractivity contribution in [2.75, 3.05) is 0 Å². The highest BCUT2D eigenvalue weighted by molar-refractivity contribution is 5.75. The molecule has 2 unspecified atom stereocenters. The van der Waals surface area contributed by atoms with Crippen LogP contribution in [0.5, 0.6) is 0 Å². The van der Waals surface area contributed by atoms with Gasteiger partial charge < -0.3 is 4.98 Å². The summed E-state index contributed by atoms with van der Waals surface area (Å²) >= 11 is 0. The third-order valence-electron chi connectivity index (χ3n) is 4.15. The van der Waals surface area contributed by atoms with E-state index in [9.17, 15) is 4.39 Å². The van der Waals surface area contributed by atoms with Crippen molar-refractivity contribution in [3.63, 3.8) is 0 Å². The number of aromatic amines is 1. The minimum absolute atomic E-state index is 0.156. The molecule has 1 heterocycles. The summed E-state index contributed by atoms with van der Waals surface area (Å²) in [6, 6.07) is 15.3. The molecule has 1 aromatic heterocycles. The maximum atomic E-state index is 13.9. The van der Waals surface area contributed by atoms with Gasteiger partial charge in [-0.2, -0.15) is 0 Å². The molecular weight excluding hydrogens is 263 g/mol. The maximum Gasteiger partial charge on any atom is 0.151 e. The lowest BCUT2D eigenvalue weighted by atomic mass is 9.85. The van der Waals surface area contributed by atoms with Gasteiger partial charge in [-0.25, -0.2) is 9.37 Å². The number of hydrogen-bond donors (Lipinski definition) is 1. The Balaban J connectivity index is 2.12. The first-order valence-electron chi connectivity index (χ1n) is 7.39. The van der Waals surface area contributed by atoms with Crippen LogP contribution in [0.25, 0.3) is 11.0 Å². The van der Waals surface area contributed by atoms with Crippen molar-refractivity contribution < 1.29 is 4.39 Å². The molecule has 0 fully saturated rings. The fourth-order valence-electron chi connectivity index (χ4n) is 2.82. The maximum absolute atomic E-state index is 13.9. The molecular formula is C18H19FN2. The number of rotatable bonds is 4. The van der Waals surface area contributed by atoms with Crippen LogP contribution >= 0.6 is 0 Å². The number of nitrogens with zero attached hydrogens (tertiary/aromatic N) is 1. The van der Waals surface area contributed by atoms with Crippen molar-refractivity contribution in [2.45, 2.75) is 26.2 Å². The minimum atomic E-state index is -0.272. The van der Waals surface area contributed by atoms with Gasteiger partial charge in [0.1, 0.15) is 11.3 Å². The van der Waals surface area contributed by atoms with Crippen LogP contribution in [0.15, 0.2) is 48.5 Å². The van der Waals surface area contributed by atoms with Crippen molar-refractivity contribution in [1.82, 2.24) is 9.97 Å². The van der Waals surface area contributed by atoms with Gasteiger partial charge in [-0.05, 0) is 23.6 Å². The van der Waals surface area contributed by atoms with Crippen molar-refractivity contribution in [2.24, 2.45) is 5.92 Å². The van der Waals surface area contributed by atoms with E-state index < -0.39 is 0 Å². The smallest absolute Gasteiger partial charge is 0.151 e. The number of aromatic nitrogens is 2. The van der Waals surface area contributed by atoms with Gasteiger partial charge in [0, 0.05) is 5.92 Å². The van der Waals surface area contributed by atoms with Gasteiger partial charge >= 0.3 is 0 Å². The molecule has 0 amide bonds. The normalized spacial score (nSPS) is 14.2. The summed E-state index contributed by atoms with van der Waals surface area (Å²) in [4.78, 5) is 7.83. The number of H-pyrrole nitrogens is 1. The molecule has 3 aromatic rings. The molecule has 108 valence electrons. The SMILES string of the molecule is CCC(C)C(c1ccccc1)c1nc2c(F)cccc2[nH]1. The first kappa shape index (κ1) is 13.8. The van der Waals surface area contributed by atoms with Crippen molar-refractivity contribution in [1.29, 1.82) is 0 Å². The molecule has 0 aliphatic heterocycles. The highest BCUT2D eigenvalue weighted by Gasteiger charge is 2.23. The fraction of sp³-hybridized carbons (Fsp3) is 0.278. The van der Waals surface area contributed by atoms with E-state index >= 15 is 0 Å². The second-order valence-corrected chi connectivity index (χ2v) is 5.53. The monoisotopic (exact) mass is 282 g/mol. The molecule has 0 aliphatic rings. The second kappa shape index (κ2) is 5.68. The Labute approximate surface area is 124 Å². The van der Waals surface area contributed by atoms with Gasteiger partial charge in [-0.1, -0.05) is 56.7 Å². The van der Waals surface area contributed by atoms with E-state index in [1.807, 2.05) is 24.3 Å². The fourth-order valence-corrected chi connectivity index (χ4v) is 2.82. The molecule has 0 spiro atoms. The quantitative estimate of drug-likeness (QED) is 0.726. The highest BCUT2D eigenvalue weighted by atomic mass is 19.1. The minimum Gasteiger partial charge on any atom is -0.341 e. The molecule has 2 aromatic carbocycles. The van der Waals surface area contributed by atoms with E-state index in [1.165, 1.54) is 11.6 Å². The molecule has 0 saturated carbocycles. The third kappa shape index (κ3) is 2.56. The van der Waals surface area contributed by atoms with Crippen LogP contribution in [0.2, 0.25) is 0 Å². The van der Waals surface area contributed by atoms with Gasteiger partial charge in [0.05, 0.1) is 5.52 Å². The topological polar surface area (TPSA) is 28.7 Å². The summed E-state index contributed by atoms with van der Waals surface area (Å²) < 4.78 is 13.9. The van der Waals surface area contributed by atoms with Crippen molar-refractivity contribution >= 4 is 11.0 Å². The lowest BCUT2D eigenvalue weighted by Crippen LogP contribution is -2.12. The van der Waals surface area contributed by atoms with Gasteiger partial charge in [0.25, 0.3) is 0 Å². The molecule has 1 N–H and O–H groups in total. The van der Waals surface area contributed by atoms with Crippen LogP contribution in [0.1, 0.15) is 37.6 Å². The Morgan fingerprint density at radius 3 is 2.52 bits per heavy atom. The van der Waals surface area contributed by atoms with Crippen LogP contribution in [0.3, 0.4) is 0 Å². The Hall–Kier alpha value is -2.16. The number of halogens is 1. The predicted octanol–water partition coefficient (Wildman–Crippen LogP) is 4.88. The summed E-state index contributed by atoms with van der Waals surface area (Å²) in [5, 5.41) is 0. The van der Waals surface area contributed by atoms with E-state index in [0.717, 1.165) is 17.8 Å². The number of hydrogen-bond acceptors (Lipinski definition) is 1. The zero-order valence-electron chi connectivity index (χ0n) is 12.3. The predicted molar refractivity (Wildman–Crippen MR) is 83.8 cm³/mol. The highest BCUT2D eigenvalue weighted by Crippen LogP contribution is 2.33. The third-order valence-corrected chi connectivity index (χ3v) is 4.15. The lowest BCUT2D eigenvalue weighted by molar-refractivity contribution is 0.482. The van der Waals surface area contributed by atoms with Crippen molar-refractivity contribution in [3.05, 3.63) is 65.7 Å². The van der Waals surface area contributed by atoms with E-state index in [-0.39, 0.29) is 11.7 Å². The Morgan fingerprint density at radius 2 is 1.86 bits per heavy atom. The average Bonchev–Trinajstić information content (AvgIpc) is 2.93. The van der Waals surface area contributed by atoms with Gasteiger partial charge in [-0.3, -0.25) is 0 Å². The number of benzene rings is 2. The zero-order valence-corrected chi connectivity index (χ0v) is 12.3. The van der Waals surface area contributed by atoms with Gasteiger partial charge in [0.2, 0.25) is 0 Å².